The number of nitrogens with two attached hydrogens (primary N) is 1. The van der Waals surface area contributed by atoms with Gasteiger partial charge in [-0.05, 0) is 42.8 Å². The van der Waals surface area contributed by atoms with Crippen molar-refractivity contribution >= 4 is 38.9 Å². The monoisotopic (exact) mass is 359 g/mol. The molecular formula is C14H15BrClNOS. The summed E-state index contributed by atoms with van der Waals surface area (Å²) in [5.74, 6) is 0.807. The zero-order valence-electron chi connectivity index (χ0n) is 10.5. The molecule has 0 saturated carbocycles. The number of hydrogen-bond acceptors (Lipinski definition) is 3. The van der Waals surface area contributed by atoms with Crippen LogP contribution in [0.2, 0.25) is 4.34 Å². The van der Waals surface area contributed by atoms with E-state index in [1.54, 1.807) is 0 Å². The van der Waals surface area contributed by atoms with E-state index in [1.807, 2.05) is 36.4 Å². The van der Waals surface area contributed by atoms with E-state index >= 15 is 0 Å². The molecule has 0 aliphatic carbocycles. The maximum absolute atomic E-state index is 6.17. The fourth-order valence-electron chi connectivity index (χ4n) is 1.71. The Balaban J connectivity index is 2.21. The molecule has 19 heavy (non-hydrogen) atoms. The number of benzene rings is 1. The molecule has 0 bridgehead atoms. The van der Waals surface area contributed by atoms with Crippen molar-refractivity contribution in [3.63, 3.8) is 0 Å². The summed E-state index contributed by atoms with van der Waals surface area (Å²) in [5, 5.41) is 0. The number of rotatable bonds is 5. The van der Waals surface area contributed by atoms with Crippen LogP contribution in [-0.2, 0) is 0 Å². The van der Waals surface area contributed by atoms with Gasteiger partial charge in [-0.25, -0.2) is 0 Å². The molecule has 2 atom stereocenters. The molecule has 2 nitrogen and oxygen atoms in total. The summed E-state index contributed by atoms with van der Waals surface area (Å²) < 4.78 is 7.80. The predicted molar refractivity (Wildman–Crippen MR) is 85.1 cm³/mol. The summed E-state index contributed by atoms with van der Waals surface area (Å²) in [7, 11) is 0. The zero-order chi connectivity index (χ0) is 13.8. The average Bonchev–Trinajstić information content (AvgIpc) is 2.83. The van der Waals surface area contributed by atoms with Crippen LogP contribution in [0.3, 0.4) is 0 Å². The Hall–Kier alpha value is -0.550. The third-order valence-corrected chi connectivity index (χ3v) is 4.63. The summed E-state index contributed by atoms with van der Waals surface area (Å²) in [6.07, 6.45) is 0.681. The standard InChI is InChI=1S/C14H15BrClNOS/c1-2-11(17)14(12-7-8-13(16)19-12)18-10-5-3-9(15)4-6-10/h3-8,11,14H,2,17H2,1H3. The van der Waals surface area contributed by atoms with Gasteiger partial charge in [0.25, 0.3) is 0 Å². The molecule has 1 heterocycles. The first-order valence-corrected chi connectivity index (χ1v) is 8.02. The predicted octanol–water partition coefficient (Wildman–Crippen LogP) is 5.02. The molecule has 2 N–H and O–H groups in total. The molecule has 2 unspecified atom stereocenters. The summed E-state index contributed by atoms with van der Waals surface area (Å²) >= 11 is 10.9. The van der Waals surface area contributed by atoms with Crippen molar-refractivity contribution < 1.29 is 4.74 Å². The zero-order valence-corrected chi connectivity index (χ0v) is 13.6. The Morgan fingerprint density at radius 1 is 1.26 bits per heavy atom. The highest BCUT2D eigenvalue weighted by Crippen LogP contribution is 2.32. The summed E-state index contributed by atoms with van der Waals surface area (Å²) in [6.45, 7) is 2.05. The van der Waals surface area contributed by atoms with Gasteiger partial charge < -0.3 is 10.5 Å². The van der Waals surface area contributed by atoms with Crippen LogP contribution in [0, 0.1) is 0 Å². The van der Waals surface area contributed by atoms with Crippen LogP contribution in [0.4, 0.5) is 0 Å². The number of halogens is 2. The van der Waals surface area contributed by atoms with E-state index in [9.17, 15) is 0 Å². The number of ether oxygens (including phenoxy) is 1. The molecule has 1 aromatic heterocycles. The van der Waals surface area contributed by atoms with E-state index in [0.29, 0.717) is 0 Å². The van der Waals surface area contributed by atoms with Crippen molar-refractivity contribution in [1.29, 1.82) is 0 Å². The van der Waals surface area contributed by atoms with Gasteiger partial charge in [-0.15, -0.1) is 11.3 Å². The van der Waals surface area contributed by atoms with Gasteiger partial charge in [0.1, 0.15) is 11.9 Å². The highest BCUT2D eigenvalue weighted by Gasteiger charge is 2.22. The Morgan fingerprint density at radius 3 is 2.47 bits per heavy atom. The molecule has 102 valence electrons. The normalized spacial score (nSPS) is 14.1. The molecule has 1 aromatic carbocycles. The van der Waals surface area contributed by atoms with Crippen molar-refractivity contribution in [2.75, 3.05) is 0 Å². The van der Waals surface area contributed by atoms with Gasteiger partial charge in [-0.2, -0.15) is 0 Å². The minimum Gasteiger partial charge on any atom is -0.483 e. The molecule has 0 amide bonds. The second-order valence-corrected chi connectivity index (χ2v) is 6.87. The largest absolute Gasteiger partial charge is 0.483 e. The van der Waals surface area contributed by atoms with Gasteiger partial charge >= 0.3 is 0 Å². The van der Waals surface area contributed by atoms with Gasteiger partial charge in [0, 0.05) is 15.4 Å². The smallest absolute Gasteiger partial charge is 0.148 e. The van der Waals surface area contributed by atoms with Crippen LogP contribution >= 0.6 is 38.9 Å². The molecule has 0 radical (unpaired) electrons. The second-order valence-electron chi connectivity index (χ2n) is 4.21. The average molecular weight is 361 g/mol. The third kappa shape index (κ3) is 3.96. The first-order valence-electron chi connectivity index (χ1n) is 6.03. The van der Waals surface area contributed by atoms with Crippen LogP contribution in [0.25, 0.3) is 0 Å². The lowest BCUT2D eigenvalue weighted by Crippen LogP contribution is -2.30. The van der Waals surface area contributed by atoms with E-state index in [-0.39, 0.29) is 12.1 Å². The van der Waals surface area contributed by atoms with E-state index in [4.69, 9.17) is 22.1 Å². The third-order valence-electron chi connectivity index (χ3n) is 2.81. The molecular weight excluding hydrogens is 346 g/mol. The fourth-order valence-corrected chi connectivity index (χ4v) is 3.14. The molecule has 0 aliphatic heterocycles. The molecule has 0 aliphatic rings. The Kier molecular flexibility index (Phi) is 5.28. The number of thiophene rings is 1. The lowest BCUT2D eigenvalue weighted by atomic mass is 10.1. The van der Waals surface area contributed by atoms with Gasteiger partial charge in [0.05, 0.1) is 4.34 Å². The lowest BCUT2D eigenvalue weighted by molar-refractivity contribution is 0.174. The molecule has 5 heteroatoms. The Labute approximate surface area is 130 Å². The second kappa shape index (κ2) is 6.75. The first-order chi connectivity index (χ1) is 9.10. The van der Waals surface area contributed by atoms with Crippen molar-refractivity contribution in [3.8, 4) is 5.75 Å². The van der Waals surface area contributed by atoms with Gasteiger partial charge in [-0.1, -0.05) is 34.5 Å². The van der Waals surface area contributed by atoms with Gasteiger partial charge in [-0.3, -0.25) is 0 Å². The van der Waals surface area contributed by atoms with Crippen LogP contribution < -0.4 is 10.5 Å². The maximum atomic E-state index is 6.17. The van der Waals surface area contributed by atoms with Crippen molar-refractivity contribution in [2.45, 2.75) is 25.5 Å². The molecule has 0 saturated heterocycles. The van der Waals surface area contributed by atoms with E-state index in [1.165, 1.54) is 11.3 Å². The molecule has 2 aromatic rings. The van der Waals surface area contributed by atoms with E-state index in [2.05, 4.69) is 22.9 Å². The van der Waals surface area contributed by atoms with Gasteiger partial charge in [0.15, 0.2) is 0 Å². The highest BCUT2D eigenvalue weighted by molar-refractivity contribution is 9.10. The van der Waals surface area contributed by atoms with E-state index in [0.717, 1.165) is 25.9 Å². The Bertz CT molecular complexity index is 528. The summed E-state index contributed by atoms with van der Waals surface area (Å²) in [4.78, 5) is 1.06. The molecule has 0 fully saturated rings. The van der Waals surface area contributed by atoms with Crippen molar-refractivity contribution in [2.24, 2.45) is 5.73 Å². The molecule has 0 spiro atoms. The van der Waals surface area contributed by atoms with E-state index < -0.39 is 0 Å². The van der Waals surface area contributed by atoms with Crippen molar-refractivity contribution in [3.05, 3.63) is 50.1 Å². The van der Waals surface area contributed by atoms with Crippen LogP contribution in [0.1, 0.15) is 24.3 Å². The topological polar surface area (TPSA) is 35.2 Å². The van der Waals surface area contributed by atoms with Crippen LogP contribution in [0.5, 0.6) is 5.75 Å². The van der Waals surface area contributed by atoms with Crippen LogP contribution in [0.15, 0.2) is 40.9 Å². The Morgan fingerprint density at radius 2 is 1.95 bits per heavy atom. The quantitative estimate of drug-likeness (QED) is 0.812. The summed E-state index contributed by atoms with van der Waals surface area (Å²) in [6, 6.07) is 11.5. The fraction of sp³-hybridized carbons (Fsp3) is 0.286. The van der Waals surface area contributed by atoms with Gasteiger partial charge in [0.2, 0.25) is 0 Å². The maximum Gasteiger partial charge on any atom is 0.148 e. The lowest BCUT2D eigenvalue weighted by Gasteiger charge is -2.23. The SMILES string of the molecule is CCC(N)C(Oc1ccc(Br)cc1)c1ccc(Cl)s1. The number of hydrogen-bond donors (Lipinski definition) is 1. The minimum atomic E-state index is -0.163. The summed E-state index contributed by atoms with van der Waals surface area (Å²) in [5.41, 5.74) is 6.17. The minimum absolute atomic E-state index is 0.0571. The van der Waals surface area contributed by atoms with Crippen LogP contribution in [-0.4, -0.2) is 6.04 Å². The first kappa shape index (κ1) is 14.9. The molecule has 2 rings (SSSR count). The van der Waals surface area contributed by atoms with Crippen molar-refractivity contribution in [1.82, 2.24) is 0 Å². The highest BCUT2D eigenvalue weighted by atomic mass is 79.9.